The molecule has 2 amide bonds. The average Bonchev–Trinajstić information content (AvgIpc) is 2.43. The van der Waals surface area contributed by atoms with Gasteiger partial charge in [0, 0.05) is 5.69 Å². The number of alkyl carbamates (subject to hydrolysis) is 1. The summed E-state index contributed by atoms with van der Waals surface area (Å²) in [7, 11) is -3.66. The van der Waals surface area contributed by atoms with E-state index in [1.165, 1.54) is 6.07 Å². The third-order valence-corrected chi connectivity index (χ3v) is 3.80. The van der Waals surface area contributed by atoms with Crippen LogP contribution in [0.4, 0.5) is 10.5 Å². The molecule has 0 radical (unpaired) electrons. The maximum Gasteiger partial charge on any atom is 0.407 e. The van der Waals surface area contributed by atoms with Gasteiger partial charge in [-0.3, -0.25) is 4.79 Å². The van der Waals surface area contributed by atoms with Crippen LogP contribution in [0.2, 0.25) is 0 Å². The summed E-state index contributed by atoms with van der Waals surface area (Å²) in [5, 5.41) is 10.2. The first kappa shape index (κ1) is 19.9. The molecule has 0 aliphatic heterocycles. The Morgan fingerprint density at radius 3 is 2.50 bits per heavy atom. The first-order valence-electron chi connectivity index (χ1n) is 7.46. The Kier molecular flexibility index (Phi) is 7.18. The average molecular weight is 357 g/mol. The summed E-state index contributed by atoms with van der Waals surface area (Å²) < 4.78 is 27.1. The largest absolute Gasteiger partial charge is 0.450 e. The van der Waals surface area contributed by atoms with Crippen molar-refractivity contribution in [3.05, 3.63) is 29.8 Å². The molecule has 0 bridgehead atoms. The maximum atomic E-state index is 12.4. The fourth-order valence-corrected chi connectivity index (χ4v) is 2.67. The number of nitrogens with two attached hydrogens (primary N) is 1. The van der Waals surface area contributed by atoms with Crippen LogP contribution in [-0.2, 0) is 25.3 Å². The molecule has 0 saturated heterocycles. The van der Waals surface area contributed by atoms with E-state index in [-0.39, 0.29) is 18.3 Å². The molecule has 0 fully saturated rings. The maximum absolute atomic E-state index is 12.4. The van der Waals surface area contributed by atoms with Crippen molar-refractivity contribution in [2.45, 2.75) is 32.6 Å². The number of rotatable bonds is 7. The Labute approximate surface area is 141 Å². The minimum Gasteiger partial charge on any atom is -0.450 e. The smallest absolute Gasteiger partial charge is 0.407 e. The summed E-state index contributed by atoms with van der Waals surface area (Å²) >= 11 is 0. The summed E-state index contributed by atoms with van der Waals surface area (Å²) in [6.45, 7) is 5.44. The van der Waals surface area contributed by atoms with Crippen LogP contribution < -0.4 is 15.8 Å². The Hall–Kier alpha value is -2.13. The number of hydrogen-bond acceptors (Lipinski definition) is 5. The van der Waals surface area contributed by atoms with E-state index in [2.05, 4.69) is 10.6 Å². The van der Waals surface area contributed by atoms with Gasteiger partial charge >= 0.3 is 6.09 Å². The van der Waals surface area contributed by atoms with Crippen molar-refractivity contribution in [3.63, 3.8) is 0 Å². The molecule has 0 spiro atoms. The number of benzene rings is 1. The fourth-order valence-electron chi connectivity index (χ4n) is 2.03. The summed E-state index contributed by atoms with van der Waals surface area (Å²) in [4.78, 5) is 23.9. The van der Waals surface area contributed by atoms with E-state index in [1.54, 1.807) is 39.0 Å². The molecule has 8 nitrogen and oxygen atoms in total. The van der Waals surface area contributed by atoms with Crippen molar-refractivity contribution in [2.24, 2.45) is 11.1 Å². The minimum absolute atomic E-state index is 0.165. The van der Waals surface area contributed by atoms with Gasteiger partial charge in [-0.1, -0.05) is 26.0 Å². The van der Waals surface area contributed by atoms with Crippen molar-refractivity contribution in [3.8, 4) is 0 Å². The van der Waals surface area contributed by atoms with Crippen molar-refractivity contribution in [1.29, 1.82) is 0 Å². The summed E-state index contributed by atoms with van der Waals surface area (Å²) in [6.07, 6.45) is -0.672. The first-order valence-corrected chi connectivity index (χ1v) is 9.17. The van der Waals surface area contributed by atoms with Crippen LogP contribution in [0.1, 0.15) is 26.3 Å². The van der Waals surface area contributed by atoms with Crippen LogP contribution in [0.3, 0.4) is 0 Å². The zero-order chi connectivity index (χ0) is 18.3. The quantitative estimate of drug-likeness (QED) is 0.675. The molecule has 1 atom stereocenters. The number of carbonyl (C=O) groups is 2. The lowest BCUT2D eigenvalue weighted by Crippen LogP contribution is -2.47. The highest BCUT2D eigenvalue weighted by molar-refractivity contribution is 7.88. The molecular weight excluding hydrogens is 334 g/mol. The second kappa shape index (κ2) is 8.65. The number of anilines is 1. The summed E-state index contributed by atoms with van der Waals surface area (Å²) in [5.74, 6) is -0.918. The lowest BCUT2D eigenvalue weighted by atomic mass is 10.0. The number of sulfonamides is 1. The normalized spacial score (nSPS) is 12.5. The van der Waals surface area contributed by atoms with Crippen molar-refractivity contribution in [2.75, 3.05) is 11.9 Å². The molecule has 9 heteroatoms. The van der Waals surface area contributed by atoms with Crippen molar-refractivity contribution >= 4 is 27.7 Å². The van der Waals surface area contributed by atoms with E-state index in [0.717, 1.165) is 0 Å². The number of nitrogens with one attached hydrogen (secondary N) is 2. The van der Waals surface area contributed by atoms with Gasteiger partial charge in [0.2, 0.25) is 15.9 Å². The van der Waals surface area contributed by atoms with Crippen LogP contribution in [0.5, 0.6) is 0 Å². The monoisotopic (exact) mass is 357 g/mol. The first-order chi connectivity index (χ1) is 11.1. The molecule has 1 rings (SSSR count). The molecule has 0 heterocycles. The van der Waals surface area contributed by atoms with Gasteiger partial charge in [-0.15, -0.1) is 0 Å². The second-order valence-corrected chi connectivity index (χ2v) is 7.20. The van der Waals surface area contributed by atoms with E-state index >= 15 is 0 Å². The van der Waals surface area contributed by atoms with E-state index in [9.17, 15) is 18.0 Å². The van der Waals surface area contributed by atoms with Gasteiger partial charge in [0.05, 0.1) is 12.4 Å². The van der Waals surface area contributed by atoms with Crippen molar-refractivity contribution in [1.82, 2.24) is 5.32 Å². The van der Waals surface area contributed by atoms with E-state index in [1.807, 2.05) is 0 Å². The van der Waals surface area contributed by atoms with Gasteiger partial charge in [0.15, 0.2) is 0 Å². The third-order valence-electron chi connectivity index (χ3n) is 3.06. The molecule has 24 heavy (non-hydrogen) atoms. The van der Waals surface area contributed by atoms with Crippen LogP contribution in [0, 0.1) is 5.92 Å². The van der Waals surface area contributed by atoms with Crippen LogP contribution in [0.15, 0.2) is 24.3 Å². The van der Waals surface area contributed by atoms with E-state index < -0.39 is 28.1 Å². The highest BCUT2D eigenvalue weighted by atomic mass is 32.2. The molecule has 1 aromatic carbocycles. The van der Waals surface area contributed by atoms with Gasteiger partial charge in [0.1, 0.15) is 6.04 Å². The van der Waals surface area contributed by atoms with Crippen molar-refractivity contribution < 1.29 is 22.7 Å². The molecule has 0 aliphatic carbocycles. The van der Waals surface area contributed by atoms with Gasteiger partial charge in [-0.2, -0.15) is 0 Å². The predicted octanol–water partition coefficient (Wildman–Crippen LogP) is 1.18. The van der Waals surface area contributed by atoms with Gasteiger partial charge in [-0.05, 0) is 30.5 Å². The number of primary sulfonamides is 1. The highest BCUT2D eigenvalue weighted by Crippen LogP contribution is 2.14. The summed E-state index contributed by atoms with van der Waals surface area (Å²) in [5.41, 5.74) is 0.868. The number of carbonyl (C=O) groups excluding carboxylic acids is 2. The Morgan fingerprint density at radius 1 is 1.29 bits per heavy atom. The zero-order valence-corrected chi connectivity index (χ0v) is 14.7. The number of amides is 2. The molecule has 0 aliphatic rings. The number of ether oxygens (including phenoxy) is 1. The highest BCUT2D eigenvalue weighted by Gasteiger charge is 2.24. The SMILES string of the molecule is CCOC(=O)NC(C(=O)Nc1cccc(CS(N)(=O)=O)c1)C(C)C. The number of hydrogen-bond donors (Lipinski definition) is 3. The van der Waals surface area contributed by atoms with Crippen LogP contribution in [0.25, 0.3) is 0 Å². The van der Waals surface area contributed by atoms with Gasteiger partial charge in [-0.25, -0.2) is 18.4 Å². The zero-order valence-electron chi connectivity index (χ0n) is 13.9. The molecule has 134 valence electrons. The Morgan fingerprint density at radius 2 is 1.96 bits per heavy atom. The summed E-state index contributed by atoms with van der Waals surface area (Å²) in [6, 6.07) is 5.55. The molecule has 1 aromatic rings. The topological polar surface area (TPSA) is 128 Å². The predicted molar refractivity (Wildman–Crippen MR) is 90.7 cm³/mol. The fraction of sp³-hybridized carbons (Fsp3) is 0.467. The molecule has 4 N–H and O–H groups in total. The Bertz CT molecular complexity index is 688. The van der Waals surface area contributed by atoms with Crippen LogP contribution in [-0.4, -0.2) is 33.1 Å². The van der Waals surface area contributed by atoms with Gasteiger partial charge < -0.3 is 15.4 Å². The Balaban J connectivity index is 2.83. The van der Waals surface area contributed by atoms with E-state index in [0.29, 0.717) is 11.3 Å². The lowest BCUT2D eigenvalue weighted by molar-refractivity contribution is -0.119. The van der Waals surface area contributed by atoms with E-state index in [4.69, 9.17) is 9.88 Å². The molecular formula is C15H23N3O5S. The lowest BCUT2D eigenvalue weighted by Gasteiger charge is -2.21. The van der Waals surface area contributed by atoms with Gasteiger partial charge in [0.25, 0.3) is 0 Å². The molecule has 1 unspecified atom stereocenters. The minimum atomic E-state index is -3.66. The molecule has 0 saturated carbocycles. The standard InChI is InChI=1S/C15H23N3O5S/c1-4-23-15(20)18-13(10(2)3)14(19)17-12-7-5-6-11(8-12)9-24(16,21)22/h5-8,10,13H,4,9H2,1-3H3,(H,17,19)(H,18,20)(H2,16,21,22). The van der Waals surface area contributed by atoms with Crippen LogP contribution >= 0.6 is 0 Å². The molecule has 0 aromatic heterocycles. The second-order valence-electron chi connectivity index (χ2n) is 5.58. The third kappa shape index (κ3) is 6.97.